The highest BCUT2D eigenvalue weighted by Crippen LogP contribution is 2.29. The van der Waals surface area contributed by atoms with E-state index < -0.39 is 17.6 Å². The summed E-state index contributed by atoms with van der Waals surface area (Å²) in [7, 11) is 1.96. The largest absolute Gasteiger partial charge is 0.416 e. The molecule has 4 rings (SSSR count). The first-order chi connectivity index (χ1) is 16.8. The van der Waals surface area contributed by atoms with E-state index in [1.807, 2.05) is 20.0 Å². The number of hydrogen-bond acceptors (Lipinski definition) is 6. The van der Waals surface area contributed by atoms with E-state index >= 15 is 0 Å². The minimum atomic E-state index is -4.22. The van der Waals surface area contributed by atoms with Crippen molar-refractivity contribution in [1.29, 1.82) is 0 Å². The van der Waals surface area contributed by atoms with Gasteiger partial charge >= 0.3 is 6.18 Å². The molecular formula is C25H29F4N5O. The Morgan fingerprint density at radius 3 is 2.63 bits per heavy atom. The van der Waals surface area contributed by atoms with Crippen LogP contribution in [0, 0.1) is 5.82 Å². The van der Waals surface area contributed by atoms with E-state index in [0.29, 0.717) is 23.8 Å². The highest BCUT2D eigenvalue weighted by atomic mass is 19.4. The Morgan fingerprint density at radius 2 is 1.97 bits per heavy atom. The molecule has 188 valence electrons. The van der Waals surface area contributed by atoms with Crippen LogP contribution in [0.4, 0.5) is 29.1 Å². The fourth-order valence-corrected chi connectivity index (χ4v) is 3.64. The summed E-state index contributed by atoms with van der Waals surface area (Å²) >= 11 is 0. The first-order valence-electron chi connectivity index (χ1n) is 11.4. The fourth-order valence-electron chi connectivity index (χ4n) is 3.64. The lowest BCUT2D eigenvalue weighted by atomic mass is 10.1. The van der Waals surface area contributed by atoms with Gasteiger partial charge in [0.15, 0.2) is 17.4 Å². The summed E-state index contributed by atoms with van der Waals surface area (Å²) in [4.78, 5) is 15.2. The summed E-state index contributed by atoms with van der Waals surface area (Å²) < 4.78 is 50.6. The van der Waals surface area contributed by atoms with Crippen molar-refractivity contribution in [3.05, 3.63) is 78.0 Å². The van der Waals surface area contributed by atoms with Crippen LogP contribution in [-0.2, 0) is 12.6 Å². The van der Waals surface area contributed by atoms with Gasteiger partial charge in [-0.3, -0.25) is 0 Å². The van der Waals surface area contributed by atoms with Crippen LogP contribution in [0.5, 0.6) is 5.75 Å². The van der Waals surface area contributed by atoms with Crippen LogP contribution in [0.2, 0.25) is 0 Å². The summed E-state index contributed by atoms with van der Waals surface area (Å²) in [5, 5.41) is 3.29. The van der Waals surface area contributed by atoms with Gasteiger partial charge in [0.2, 0.25) is 0 Å². The molecule has 6 nitrogen and oxygen atoms in total. The van der Waals surface area contributed by atoms with Gasteiger partial charge < -0.3 is 15.1 Å². The van der Waals surface area contributed by atoms with Gasteiger partial charge in [-0.15, -0.1) is 0 Å². The molecule has 1 aliphatic rings. The standard InChI is InChI=1S/C16H20FN5O.C9H9F3/c1-18-12-3-2-8-22(10-12)13-4-5-15(14(17)9-13)23-21-16-6-7-19-11-20-16;1-2-7-4-3-5-8(6-7)9(10,11)12/h4-7,9,11-12,18H,2-3,8,10H2,1H3,(H,19,20,21);3-6H,2H2,1H3. The van der Waals surface area contributed by atoms with Gasteiger partial charge in [0.25, 0.3) is 0 Å². The van der Waals surface area contributed by atoms with Gasteiger partial charge in [0.1, 0.15) is 6.33 Å². The predicted molar refractivity (Wildman–Crippen MR) is 128 cm³/mol. The smallest absolute Gasteiger partial charge is 0.378 e. The first-order valence-corrected chi connectivity index (χ1v) is 11.4. The first kappa shape index (κ1) is 26.2. The Labute approximate surface area is 202 Å². The van der Waals surface area contributed by atoms with E-state index in [1.54, 1.807) is 24.4 Å². The Hall–Kier alpha value is -3.40. The SMILES string of the molecule is CCc1cccc(C(F)(F)F)c1.CNC1CCCN(c2ccc(ONc3ccncn3)c(F)c2)C1. The number of nitrogens with one attached hydrogen (secondary N) is 2. The summed E-state index contributed by atoms with van der Waals surface area (Å²) in [5.41, 5.74) is 3.62. The minimum absolute atomic E-state index is 0.134. The Bertz CT molecular complexity index is 1070. The molecule has 1 unspecified atom stereocenters. The van der Waals surface area contributed by atoms with Crippen LogP contribution < -0.4 is 20.5 Å². The van der Waals surface area contributed by atoms with Crippen LogP contribution in [0.25, 0.3) is 0 Å². The number of alkyl halides is 3. The molecule has 10 heteroatoms. The van der Waals surface area contributed by atoms with Crippen LogP contribution >= 0.6 is 0 Å². The molecule has 3 aromatic rings. The van der Waals surface area contributed by atoms with E-state index in [1.165, 1.54) is 24.5 Å². The van der Waals surface area contributed by atoms with E-state index in [0.717, 1.165) is 37.7 Å². The lowest BCUT2D eigenvalue weighted by Crippen LogP contribution is -2.44. The molecule has 0 amide bonds. The summed E-state index contributed by atoms with van der Waals surface area (Å²) in [6.07, 6.45) is 1.63. The Balaban J connectivity index is 0.000000241. The molecule has 2 N–H and O–H groups in total. The summed E-state index contributed by atoms with van der Waals surface area (Å²) in [6, 6.07) is 12.5. The van der Waals surface area contributed by atoms with Crippen LogP contribution in [0.3, 0.4) is 0 Å². The van der Waals surface area contributed by atoms with Crippen molar-refractivity contribution >= 4 is 11.5 Å². The molecule has 2 aromatic carbocycles. The number of hydrogen-bond donors (Lipinski definition) is 2. The van der Waals surface area contributed by atoms with Crippen molar-refractivity contribution in [3.63, 3.8) is 0 Å². The lowest BCUT2D eigenvalue weighted by Gasteiger charge is -2.34. The van der Waals surface area contributed by atoms with E-state index in [9.17, 15) is 17.6 Å². The molecule has 0 aliphatic carbocycles. The second kappa shape index (κ2) is 12.3. The maximum absolute atomic E-state index is 14.2. The van der Waals surface area contributed by atoms with Gasteiger partial charge in [-0.1, -0.05) is 25.1 Å². The highest BCUT2D eigenvalue weighted by molar-refractivity contribution is 5.50. The topological polar surface area (TPSA) is 62.3 Å². The summed E-state index contributed by atoms with van der Waals surface area (Å²) in [5.74, 6) is 0.196. The van der Waals surface area contributed by atoms with Crippen LogP contribution in [-0.4, -0.2) is 36.1 Å². The van der Waals surface area contributed by atoms with Gasteiger partial charge in [-0.2, -0.15) is 13.2 Å². The van der Waals surface area contributed by atoms with E-state index in [4.69, 9.17) is 4.84 Å². The molecule has 0 saturated carbocycles. The third-order valence-electron chi connectivity index (χ3n) is 5.62. The molecule has 35 heavy (non-hydrogen) atoms. The molecule has 1 fully saturated rings. The maximum atomic E-state index is 14.2. The molecule has 0 radical (unpaired) electrons. The molecule has 0 spiro atoms. The Morgan fingerprint density at radius 1 is 1.14 bits per heavy atom. The third-order valence-corrected chi connectivity index (χ3v) is 5.62. The van der Waals surface area contributed by atoms with Crippen LogP contribution in [0.1, 0.15) is 30.9 Å². The number of aromatic nitrogens is 2. The third kappa shape index (κ3) is 7.81. The molecule has 1 aliphatic heterocycles. The van der Waals surface area contributed by atoms with Crippen molar-refractivity contribution in [2.75, 3.05) is 30.5 Å². The number of anilines is 2. The monoisotopic (exact) mass is 491 g/mol. The molecule has 1 atom stereocenters. The van der Waals surface area contributed by atoms with Gasteiger partial charge in [0, 0.05) is 43.1 Å². The van der Waals surface area contributed by atoms with E-state index in [-0.39, 0.29) is 5.75 Å². The zero-order valence-electron chi connectivity index (χ0n) is 19.6. The van der Waals surface area contributed by atoms with Crippen molar-refractivity contribution in [1.82, 2.24) is 15.3 Å². The van der Waals surface area contributed by atoms with E-state index in [2.05, 4.69) is 25.7 Å². The van der Waals surface area contributed by atoms with Gasteiger partial charge in [0.05, 0.1) is 5.56 Å². The van der Waals surface area contributed by atoms with Gasteiger partial charge in [-0.25, -0.2) is 19.8 Å². The van der Waals surface area contributed by atoms with Crippen molar-refractivity contribution < 1.29 is 22.4 Å². The number of aryl methyl sites for hydroxylation is 1. The van der Waals surface area contributed by atoms with Crippen molar-refractivity contribution in [3.8, 4) is 5.75 Å². The number of halogens is 4. The maximum Gasteiger partial charge on any atom is 0.416 e. The average molecular weight is 492 g/mol. The molecule has 2 heterocycles. The number of likely N-dealkylation sites (N-methyl/N-ethyl adjacent to an activating group) is 1. The summed E-state index contributed by atoms with van der Waals surface area (Å²) in [6.45, 7) is 3.65. The molecule has 0 bridgehead atoms. The number of rotatable bonds is 6. The van der Waals surface area contributed by atoms with Gasteiger partial charge in [-0.05, 0) is 50.1 Å². The Kier molecular flexibility index (Phi) is 9.25. The predicted octanol–water partition coefficient (Wildman–Crippen LogP) is 5.48. The second-order valence-corrected chi connectivity index (χ2v) is 8.04. The quantitative estimate of drug-likeness (QED) is 0.352. The van der Waals surface area contributed by atoms with Crippen molar-refractivity contribution in [2.24, 2.45) is 0 Å². The number of piperidine rings is 1. The highest BCUT2D eigenvalue weighted by Gasteiger charge is 2.30. The van der Waals surface area contributed by atoms with Crippen molar-refractivity contribution in [2.45, 2.75) is 38.4 Å². The normalized spacial score (nSPS) is 15.7. The number of nitrogens with zero attached hydrogens (tertiary/aromatic N) is 3. The number of benzene rings is 2. The molecule has 1 aromatic heterocycles. The zero-order valence-corrected chi connectivity index (χ0v) is 19.6. The fraction of sp³-hybridized carbons (Fsp3) is 0.360. The zero-order chi connectivity index (χ0) is 25.3. The molecular weight excluding hydrogens is 462 g/mol. The molecule has 1 saturated heterocycles. The second-order valence-electron chi connectivity index (χ2n) is 8.04. The average Bonchev–Trinajstić information content (AvgIpc) is 2.88. The minimum Gasteiger partial charge on any atom is -0.378 e. The lowest BCUT2D eigenvalue weighted by molar-refractivity contribution is -0.137. The van der Waals surface area contributed by atoms with Crippen LogP contribution in [0.15, 0.2) is 61.1 Å².